The van der Waals surface area contributed by atoms with Crippen molar-refractivity contribution in [3.63, 3.8) is 0 Å². The monoisotopic (exact) mass is 451 g/mol. The molecule has 8 heteroatoms. The topological polar surface area (TPSA) is 79.7 Å². The smallest absolute Gasteiger partial charge is 0.259 e. The van der Waals surface area contributed by atoms with Crippen LogP contribution in [0.15, 0.2) is 58.4 Å². The number of carbonyl (C=O) groups is 1. The van der Waals surface area contributed by atoms with Gasteiger partial charge in [-0.25, -0.2) is 8.42 Å². The minimum absolute atomic E-state index is 0.0649. The molecule has 5 rings (SSSR count). The van der Waals surface area contributed by atoms with Gasteiger partial charge in [-0.15, -0.1) is 0 Å². The summed E-state index contributed by atoms with van der Waals surface area (Å²) in [6.07, 6.45) is 3.98. The maximum Gasteiger partial charge on any atom is 0.259 e. The van der Waals surface area contributed by atoms with Crippen LogP contribution in [0.5, 0.6) is 0 Å². The standard InChI is InChI=1S/C24H25N3O4S/c1-25-16-21(24(29)26-13-10-17-6-2-3-7-18(17)15-26)23(28)20-14-19(8-9-22(20)25)32(30,31)27-11-4-5-12-27/h2-3,6-9,14,16H,4-5,10-13,15H2,1H3. The number of benzene rings is 2. The molecule has 0 radical (unpaired) electrons. The summed E-state index contributed by atoms with van der Waals surface area (Å²) in [6, 6.07) is 12.6. The zero-order valence-electron chi connectivity index (χ0n) is 18.0. The van der Waals surface area contributed by atoms with Crippen molar-refractivity contribution in [1.29, 1.82) is 0 Å². The Morgan fingerprint density at radius 1 is 0.969 bits per heavy atom. The number of sulfonamides is 1. The van der Waals surface area contributed by atoms with Gasteiger partial charge in [0.2, 0.25) is 15.5 Å². The van der Waals surface area contributed by atoms with Crippen molar-refractivity contribution in [2.24, 2.45) is 7.05 Å². The number of hydrogen-bond acceptors (Lipinski definition) is 4. The van der Waals surface area contributed by atoms with Crippen molar-refractivity contribution >= 4 is 26.8 Å². The fourth-order valence-electron chi connectivity index (χ4n) is 4.70. The van der Waals surface area contributed by atoms with Crippen LogP contribution in [-0.4, -0.2) is 47.7 Å². The number of aromatic nitrogens is 1. The average molecular weight is 452 g/mol. The van der Waals surface area contributed by atoms with Gasteiger partial charge in [0.15, 0.2) is 0 Å². The summed E-state index contributed by atoms with van der Waals surface area (Å²) < 4.78 is 29.2. The molecule has 32 heavy (non-hydrogen) atoms. The predicted octanol–water partition coefficient (Wildman–Crippen LogP) is 2.52. The first kappa shape index (κ1) is 20.9. The van der Waals surface area contributed by atoms with E-state index in [1.807, 2.05) is 18.2 Å². The highest BCUT2D eigenvalue weighted by molar-refractivity contribution is 7.89. The highest BCUT2D eigenvalue weighted by Crippen LogP contribution is 2.24. The molecule has 1 amide bonds. The van der Waals surface area contributed by atoms with E-state index in [0.717, 1.165) is 24.8 Å². The van der Waals surface area contributed by atoms with Gasteiger partial charge in [-0.05, 0) is 48.6 Å². The van der Waals surface area contributed by atoms with Crippen LogP contribution in [0, 0.1) is 0 Å². The molecule has 1 aromatic heterocycles. The highest BCUT2D eigenvalue weighted by atomic mass is 32.2. The third kappa shape index (κ3) is 3.43. The maximum absolute atomic E-state index is 13.3. The Kier molecular flexibility index (Phi) is 5.14. The summed E-state index contributed by atoms with van der Waals surface area (Å²) >= 11 is 0. The first-order valence-corrected chi connectivity index (χ1v) is 12.3. The van der Waals surface area contributed by atoms with Gasteiger partial charge in [0.25, 0.3) is 5.91 Å². The van der Waals surface area contributed by atoms with Crippen LogP contribution in [0.2, 0.25) is 0 Å². The molecule has 0 atom stereocenters. The quantitative estimate of drug-likeness (QED) is 0.613. The number of amides is 1. The molecule has 1 saturated heterocycles. The van der Waals surface area contributed by atoms with Crippen LogP contribution >= 0.6 is 0 Å². The van der Waals surface area contributed by atoms with E-state index >= 15 is 0 Å². The van der Waals surface area contributed by atoms with Crippen LogP contribution in [0.3, 0.4) is 0 Å². The van der Waals surface area contributed by atoms with E-state index in [1.54, 1.807) is 34.8 Å². The van der Waals surface area contributed by atoms with Gasteiger partial charge < -0.3 is 9.47 Å². The molecule has 1 fully saturated rings. The van der Waals surface area contributed by atoms with Gasteiger partial charge in [0.1, 0.15) is 5.56 Å². The lowest BCUT2D eigenvalue weighted by molar-refractivity contribution is 0.0733. The zero-order valence-corrected chi connectivity index (χ0v) is 18.8. The van der Waals surface area contributed by atoms with Gasteiger partial charge in [0, 0.05) is 44.8 Å². The predicted molar refractivity (Wildman–Crippen MR) is 122 cm³/mol. The summed E-state index contributed by atoms with van der Waals surface area (Å²) in [7, 11) is -1.89. The van der Waals surface area contributed by atoms with Crippen LogP contribution in [0.1, 0.15) is 34.3 Å². The van der Waals surface area contributed by atoms with Crippen LogP contribution in [0.25, 0.3) is 10.9 Å². The summed E-state index contributed by atoms with van der Waals surface area (Å²) in [6.45, 7) is 1.99. The molecule has 0 bridgehead atoms. The Bertz CT molecular complexity index is 1390. The maximum atomic E-state index is 13.3. The van der Waals surface area contributed by atoms with Crippen molar-refractivity contribution in [1.82, 2.24) is 13.8 Å². The van der Waals surface area contributed by atoms with Crippen molar-refractivity contribution in [3.8, 4) is 0 Å². The Hall–Kier alpha value is -2.97. The van der Waals surface area contributed by atoms with E-state index in [2.05, 4.69) is 6.07 Å². The molecular weight excluding hydrogens is 426 g/mol. The van der Waals surface area contributed by atoms with Crippen molar-refractivity contribution in [3.05, 3.63) is 75.6 Å². The van der Waals surface area contributed by atoms with E-state index in [4.69, 9.17) is 0 Å². The lowest BCUT2D eigenvalue weighted by atomic mass is 9.99. The first-order chi connectivity index (χ1) is 15.4. The van der Waals surface area contributed by atoms with E-state index in [-0.39, 0.29) is 21.8 Å². The van der Waals surface area contributed by atoms with E-state index in [9.17, 15) is 18.0 Å². The molecule has 2 aromatic carbocycles. The Morgan fingerprint density at radius 2 is 1.69 bits per heavy atom. The summed E-state index contributed by atoms with van der Waals surface area (Å²) in [4.78, 5) is 28.4. The summed E-state index contributed by atoms with van der Waals surface area (Å²) in [5.41, 5.74) is 2.54. The molecule has 3 heterocycles. The number of nitrogens with zero attached hydrogens (tertiary/aromatic N) is 3. The summed E-state index contributed by atoms with van der Waals surface area (Å²) in [5.74, 6) is -0.324. The van der Waals surface area contributed by atoms with E-state index in [1.165, 1.54) is 15.9 Å². The Labute approximate surface area is 186 Å². The van der Waals surface area contributed by atoms with Crippen LogP contribution in [0.4, 0.5) is 0 Å². The fraction of sp³-hybridized carbons (Fsp3) is 0.333. The van der Waals surface area contributed by atoms with Gasteiger partial charge in [0.05, 0.1) is 10.4 Å². The molecule has 3 aromatic rings. The van der Waals surface area contributed by atoms with Crippen molar-refractivity contribution < 1.29 is 13.2 Å². The Morgan fingerprint density at radius 3 is 2.44 bits per heavy atom. The zero-order chi connectivity index (χ0) is 22.5. The average Bonchev–Trinajstić information content (AvgIpc) is 3.36. The molecule has 2 aliphatic rings. The summed E-state index contributed by atoms with van der Waals surface area (Å²) in [5, 5.41) is 0.246. The number of pyridine rings is 1. The second-order valence-corrected chi connectivity index (χ2v) is 10.5. The normalized spacial score (nSPS) is 17.0. The van der Waals surface area contributed by atoms with Crippen LogP contribution < -0.4 is 5.43 Å². The van der Waals surface area contributed by atoms with Gasteiger partial charge >= 0.3 is 0 Å². The second kappa shape index (κ2) is 7.86. The van der Waals surface area contributed by atoms with E-state index < -0.39 is 15.5 Å². The Balaban J connectivity index is 1.55. The van der Waals surface area contributed by atoms with Gasteiger partial charge in [-0.2, -0.15) is 4.31 Å². The number of rotatable bonds is 3. The second-order valence-electron chi connectivity index (χ2n) is 8.52. The van der Waals surface area contributed by atoms with Crippen molar-refractivity contribution in [2.45, 2.75) is 30.7 Å². The third-order valence-corrected chi connectivity index (χ3v) is 8.41. The molecule has 166 valence electrons. The number of aryl methyl sites for hydroxylation is 1. The minimum Gasteiger partial charge on any atom is -0.350 e. The van der Waals surface area contributed by atoms with E-state index in [0.29, 0.717) is 31.7 Å². The first-order valence-electron chi connectivity index (χ1n) is 10.9. The van der Waals surface area contributed by atoms with Gasteiger partial charge in [-0.1, -0.05) is 24.3 Å². The SMILES string of the molecule is Cn1cc(C(=O)N2CCc3ccccc3C2)c(=O)c2cc(S(=O)(=O)N3CCCC3)ccc21. The molecule has 0 spiro atoms. The lowest BCUT2D eigenvalue weighted by Gasteiger charge is -2.29. The fourth-order valence-corrected chi connectivity index (χ4v) is 6.25. The minimum atomic E-state index is -3.66. The molecular formula is C24H25N3O4S. The van der Waals surface area contributed by atoms with Crippen LogP contribution in [-0.2, 0) is 30.0 Å². The number of carbonyl (C=O) groups excluding carboxylic acids is 1. The third-order valence-electron chi connectivity index (χ3n) is 6.51. The number of fused-ring (bicyclic) bond motifs is 2. The highest BCUT2D eigenvalue weighted by Gasteiger charge is 2.29. The number of hydrogen-bond donors (Lipinski definition) is 0. The van der Waals surface area contributed by atoms with Gasteiger partial charge in [-0.3, -0.25) is 9.59 Å². The van der Waals surface area contributed by atoms with Crippen molar-refractivity contribution in [2.75, 3.05) is 19.6 Å². The largest absolute Gasteiger partial charge is 0.350 e. The molecule has 0 aliphatic carbocycles. The molecule has 7 nitrogen and oxygen atoms in total. The molecule has 0 unspecified atom stereocenters. The molecule has 0 saturated carbocycles. The molecule has 2 aliphatic heterocycles. The molecule has 0 N–H and O–H groups in total. The lowest BCUT2D eigenvalue weighted by Crippen LogP contribution is -2.38.